The molecule has 234 valence electrons. The molecule has 1 amide bonds. The Hall–Kier alpha value is -3.55. The Kier molecular flexibility index (Phi) is 16.2. The standard InChI is InChI=1S/C35H49ClN4O3/c1-8-12-23-40(35(41)29-18-19-32(42-6)34(43-7)33(29)36)24-20-37-30-16-13-14-17-31(30)38-25-27(5)28(15-9-2)26-39(21-10-3)22-11-4/h9,13-20,38H,2,5,8,10-12,21-26H2,1,3-4,6-7H3/b28-15-,37-20?. The molecule has 7 nitrogen and oxygen atoms in total. The third-order valence-corrected chi connectivity index (χ3v) is 7.33. The van der Waals surface area contributed by atoms with Gasteiger partial charge in [0, 0.05) is 25.8 Å². The van der Waals surface area contributed by atoms with E-state index in [4.69, 9.17) is 26.1 Å². The van der Waals surface area contributed by atoms with Crippen molar-refractivity contribution in [2.45, 2.75) is 46.5 Å². The monoisotopic (exact) mass is 608 g/mol. The van der Waals surface area contributed by atoms with E-state index in [-0.39, 0.29) is 10.9 Å². The summed E-state index contributed by atoms with van der Waals surface area (Å²) in [6.45, 7) is 19.2. The van der Waals surface area contributed by atoms with Crippen molar-refractivity contribution < 1.29 is 14.3 Å². The Morgan fingerprint density at radius 3 is 2.37 bits per heavy atom. The van der Waals surface area contributed by atoms with Gasteiger partial charge in [-0.05, 0) is 67.8 Å². The summed E-state index contributed by atoms with van der Waals surface area (Å²) >= 11 is 6.56. The number of carbonyl (C=O) groups is 1. The average Bonchev–Trinajstić information content (AvgIpc) is 3.01. The molecular weight excluding hydrogens is 560 g/mol. The minimum Gasteiger partial charge on any atom is -0.493 e. The maximum Gasteiger partial charge on any atom is 0.255 e. The van der Waals surface area contributed by atoms with Gasteiger partial charge < -0.3 is 19.7 Å². The maximum atomic E-state index is 13.5. The van der Waals surface area contributed by atoms with Crippen LogP contribution in [0, 0.1) is 0 Å². The quantitative estimate of drug-likeness (QED) is 0.121. The first-order valence-corrected chi connectivity index (χ1v) is 15.5. The lowest BCUT2D eigenvalue weighted by Gasteiger charge is -2.24. The van der Waals surface area contributed by atoms with Gasteiger partial charge in [0.05, 0.1) is 42.7 Å². The van der Waals surface area contributed by atoms with Crippen LogP contribution in [-0.4, -0.2) is 75.4 Å². The first-order chi connectivity index (χ1) is 20.8. The summed E-state index contributed by atoms with van der Waals surface area (Å²) in [7, 11) is 3.04. The second-order valence-corrected chi connectivity index (χ2v) is 10.6. The molecule has 0 radical (unpaired) electrons. The number of unbranched alkanes of at least 4 members (excludes halogenated alkanes) is 1. The molecular formula is C35H49ClN4O3. The highest BCUT2D eigenvalue weighted by Crippen LogP contribution is 2.37. The average molecular weight is 609 g/mol. The number of halogens is 1. The summed E-state index contributed by atoms with van der Waals surface area (Å²) in [4.78, 5) is 22.5. The normalized spacial score (nSPS) is 11.6. The Balaban J connectivity index is 2.18. The molecule has 0 aliphatic heterocycles. The number of nitrogens with zero attached hydrogens (tertiary/aromatic N) is 3. The number of anilines is 1. The molecule has 0 aromatic heterocycles. The number of aliphatic imine (C=N–C) groups is 1. The van der Waals surface area contributed by atoms with Crippen LogP contribution in [0.3, 0.4) is 0 Å². The van der Waals surface area contributed by atoms with Crippen molar-refractivity contribution in [2.24, 2.45) is 4.99 Å². The van der Waals surface area contributed by atoms with Gasteiger partial charge in [-0.1, -0.05) is 76.2 Å². The highest BCUT2D eigenvalue weighted by atomic mass is 35.5. The SMILES string of the molecule is C=C/C=C(/CN(CCC)CCC)C(=C)CNc1ccccc1N=CCN(CCCC)C(=O)c1ccc(OC)c(OC)c1Cl. The van der Waals surface area contributed by atoms with Crippen LogP contribution in [0.2, 0.25) is 5.02 Å². The molecule has 0 bridgehead atoms. The van der Waals surface area contributed by atoms with Gasteiger partial charge in [-0.25, -0.2) is 0 Å². The molecule has 0 unspecified atom stereocenters. The van der Waals surface area contributed by atoms with E-state index in [1.54, 1.807) is 23.2 Å². The van der Waals surface area contributed by atoms with Crippen molar-refractivity contribution in [3.05, 3.63) is 83.4 Å². The fraction of sp³-hybridized carbons (Fsp3) is 0.429. The van der Waals surface area contributed by atoms with Crippen molar-refractivity contribution >= 4 is 35.1 Å². The van der Waals surface area contributed by atoms with Crippen molar-refractivity contribution in [1.82, 2.24) is 9.80 Å². The molecule has 8 heteroatoms. The zero-order chi connectivity index (χ0) is 31.6. The predicted molar refractivity (Wildman–Crippen MR) is 183 cm³/mol. The first-order valence-electron chi connectivity index (χ1n) is 15.1. The second-order valence-electron chi connectivity index (χ2n) is 10.3. The van der Waals surface area contributed by atoms with E-state index in [1.807, 2.05) is 30.3 Å². The van der Waals surface area contributed by atoms with E-state index in [1.165, 1.54) is 19.8 Å². The van der Waals surface area contributed by atoms with Gasteiger partial charge in [-0.3, -0.25) is 14.7 Å². The van der Waals surface area contributed by atoms with Gasteiger partial charge in [0.1, 0.15) is 0 Å². The zero-order valence-corrected chi connectivity index (χ0v) is 27.4. The van der Waals surface area contributed by atoms with E-state index in [0.717, 1.165) is 62.3 Å². The molecule has 1 N–H and O–H groups in total. The number of nitrogens with one attached hydrogen (secondary N) is 1. The van der Waals surface area contributed by atoms with Gasteiger partial charge in [-0.2, -0.15) is 0 Å². The highest BCUT2D eigenvalue weighted by Gasteiger charge is 2.22. The van der Waals surface area contributed by atoms with Crippen LogP contribution >= 0.6 is 11.6 Å². The van der Waals surface area contributed by atoms with E-state index in [0.29, 0.717) is 36.7 Å². The predicted octanol–water partition coefficient (Wildman–Crippen LogP) is 8.20. The summed E-state index contributed by atoms with van der Waals surface area (Å²) in [5.74, 6) is 0.634. The molecule has 2 aromatic carbocycles. The molecule has 0 fully saturated rings. The van der Waals surface area contributed by atoms with Gasteiger partial charge in [0.2, 0.25) is 0 Å². The molecule has 43 heavy (non-hydrogen) atoms. The Morgan fingerprint density at radius 2 is 1.74 bits per heavy atom. The summed E-state index contributed by atoms with van der Waals surface area (Å²) in [6, 6.07) is 11.3. The minimum atomic E-state index is -0.185. The van der Waals surface area contributed by atoms with Crippen LogP contribution in [0.25, 0.3) is 0 Å². The van der Waals surface area contributed by atoms with Crippen LogP contribution in [0.4, 0.5) is 11.4 Å². The lowest BCUT2D eigenvalue weighted by molar-refractivity contribution is 0.0779. The Morgan fingerprint density at radius 1 is 1.02 bits per heavy atom. The number of para-hydroxylation sites is 2. The molecule has 0 aliphatic carbocycles. The van der Waals surface area contributed by atoms with Crippen molar-refractivity contribution in [3.63, 3.8) is 0 Å². The number of ether oxygens (including phenoxy) is 2. The summed E-state index contributed by atoms with van der Waals surface area (Å²) in [5, 5.41) is 3.74. The molecule has 2 aromatic rings. The van der Waals surface area contributed by atoms with Crippen LogP contribution < -0.4 is 14.8 Å². The van der Waals surface area contributed by atoms with Crippen molar-refractivity contribution in [1.29, 1.82) is 0 Å². The minimum absolute atomic E-state index is 0.185. The van der Waals surface area contributed by atoms with E-state index in [9.17, 15) is 4.79 Å². The number of allylic oxidation sites excluding steroid dienone is 2. The Bertz CT molecular complexity index is 1250. The van der Waals surface area contributed by atoms with Gasteiger partial charge in [0.25, 0.3) is 5.91 Å². The van der Waals surface area contributed by atoms with E-state index >= 15 is 0 Å². The number of hydrogen-bond donors (Lipinski definition) is 1. The summed E-state index contributed by atoms with van der Waals surface area (Å²) in [6.07, 6.45) is 9.69. The lowest BCUT2D eigenvalue weighted by atomic mass is 10.1. The van der Waals surface area contributed by atoms with Crippen LogP contribution in [0.1, 0.15) is 56.8 Å². The number of amides is 1. The fourth-order valence-electron chi connectivity index (χ4n) is 4.71. The molecule has 0 saturated carbocycles. The smallest absolute Gasteiger partial charge is 0.255 e. The highest BCUT2D eigenvalue weighted by molar-refractivity contribution is 6.35. The van der Waals surface area contributed by atoms with Gasteiger partial charge >= 0.3 is 0 Å². The van der Waals surface area contributed by atoms with Crippen LogP contribution in [-0.2, 0) is 0 Å². The largest absolute Gasteiger partial charge is 0.493 e. The van der Waals surface area contributed by atoms with Crippen molar-refractivity contribution in [2.75, 3.05) is 58.8 Å². The van der Waals surface area contributed by atoms with Crippen molar-refractivity contribution in [3.8, 4) is 11.5 Å². The molecule has 2 rings (SSSR count). The Labute approximate surface area is 263 Å². The number of rotatable bonds is 20. The molecule has 0 heterocycles. The number of benzene rings is 2. The van der Waals surface area contributed by atoms with Crippen LogP contribution in [0.15, 0.2) is 77.8 Å². The maximum absolute atomic E-state index is 13.5. The van der Waals surface area contributed by atoms with Gasteiger partial charge in [-0.15, -0.1) is 0 Å². The first kappa shape index (κ1) is 35.6. The van der Waals surface area contributed by atoms with Gasteiger partial charge in [0.15, 0.2) is 11.5 Å². The molecule has 0 spiro atoms. The lowest BCUT2D eigenvalue weighted by Crippen LogP contribution is -2.33. The third kappa shape index (κ3) is 10.9. The number of carbonyl (C=O) groups excluding carboxylic acids is 1. The third-order valence-electron chi connectivity index (χ3n) is 6.96. The summed E-state index contributed by atoms with van der Waals surface area (Å²) < 4.78 is 10.7. The fourth-order valence-corrected chi connectivity index (χ4v) is 5.02. The summed E-state index contributed by atoms with van der Waals surface area (Å²) in [5.41, 5.74) is 4.23. The number of methoxy groups -OCH3 is 2. The second kappa shape index (κ2) is 19.6. The zero-order valence-electron chi connectivity index (χ0n) is 26.6. The molecule has 0 atom stereocenters. The molecule has 0 saturated heterocycles. The van der Waals surface area contributed by atoms with E-state index < -0.39 is 0 Å². The number of hydrogen-bond acceptors (Lipinski definition) is 6. The molecule has 0 aliphatic rings. The van der Waals surface area contributed by atoms with Crippen LogP contribution in [0.5, 0.6) is 11.5 Å². The van der Waals surface area contributed by atoms with E-state index in [2.05, 4.69) is 50.2 Å². The topological polar surface area (TPSA) is 66.4 Å².